The molecule has 0 bridgehead atoms. The molecule has 0 heterocycles. The number of rotatable bonds is 4. The molecule has 0 unspecified atom stereocenters. The predicted octanol–water partition coefficient (Wildman–Crippen LogP) is 4.67. The van der Waals surface area contributed by atoms with Crippen LogP contribution in [0.4, 0.5) is 0 Å². The van der Waals surface area contributed by atoms with Gasteiger partial charge in [-0.25, -0.2) is 0 Å². The quantitative estimate of drug-likeness (QED) is 0.353. The average molecular weight is 202 g/mol. The molecule has 0 radical (unpaired) electrons. The lowest BCUT2D eigenvalue weighted by Gasteiger charge is -2.05. The monoisotopic (exact) mass is 202 g/mol. The van der Waals surface area contributed by atoms with Crippen LogP contribution in [0.1, 0.15) is 34.1 Å². The fourth-order valence-corrected chi connectivity index (χ4v) is 0.967. The van der Waals surface area contributed by atoms with Gasteiger partial charge < -0.3 is 0 Å². The molecule has 0 atom stereocenters. The van der Waals surface area contributed by atoms with Crippen molar-refractivity contribution in [3.05, 3.63) is 47.6 Å². The van der Waals surface area contributed by atoms with Gasteiger partial charge in [0, 0.05) is 0 Å². The van der Waals surface area contributed by atoms with Gasteiger partial charge in [-0.2, -0.15) is 0 Å². The highest BCUT2D eigenvalue weighted by atomic mass is 14.0. The largest absolute Gasteiger partial charge is 0.124 e. The molecule has 0 aliphatic heterocycles. The zero-order valence-electron chi connectivity index (χ0n) is 10.4. The Balaban J connectivity index is 0. The standard InChI is InChI=1S/C13H20.C2H2/c1-6-8-9-13(11(3)4)10-12(5)7-2;1-2/h6-9H,3,10H2,1-2,4-5H3;1-2H/b8-6-,12-7-,13-9+;. The molecule has 0 spiro atoms. The summed E-state index contributed by atoms with van der Waals surface area (Å²) in [6, 6.07) is 0. The Hall–Kier alpha value is -1.48. The van der Waals surface area contributed by atoms with Gasteiger partial charge in [-0.05, 0) is 39.7 Å². The summed E-state index contributed by atoms with van der Waals surface area (Å²) in [4.78, 5) is 0. The molecule has 0 aromatic heterocycles. The second-order valence-corrected chi connectivity index (χ2v) is 3.31. The molecule has 0 aromatic carbocycles. The van der Waals surface area contributed by atoms with Gasteiger partial charge in [0.05, 0.1) is 0 Å². The van der Waals surface area contributed by atoms with Crippen molar-refractivity contribution < 1.29 is 0 Å². The predicted molar refractivity (Wildman–Crippen MR) is 71.6 cm³/mol. The van der Waals surface area contributed by atoms with E-state index in [-0.39, 0.29) is 0 Å². The van der Waals surface area contributed by atoms with Crippen LogP contribution in [-0.4, -0.2) is 0 Å². The smallest absolute Gasteiger partial charge is 0.00676 e. The van der Waals surface area contributed by atoms with E-state index < -0.39 is 0 Å². The van der Waals surface area contributed by atoms with Gasteiger partial charge in [-0.15, -0.1) is 12.8 Å². The van der Waals surface area contributed by atoms with Crippen LogP contribution in [0.5, 0.6) is 0 Å². The Morgan fingerprint density at radius 1 is 1.20 bits per heavy atom. The summed E-state index contributed by atoms with van der Waals surface area (Å²) in [6.07, 6.45) is 17.4. The molecule has 82 valence electrons. The van der Waals surface area contributed by atoms with Crippen molar-refractivity contribution in [3.8, 4) is 12.8 Å². The van der Waals surface area contributed by atoms with Crippen molar-refractivity contribution in [1.82, 2.24) is 0 Å². The van der Waals surface area contributed by atoms with Crippen LogP contribution in [0.25, 0.3) is 0 Å². The summed E-state index contributed by atoms with van der Waals surface area (Å²) in [5, 5.41) is 0. The first-order valence-corrected chi connectivity index (χ1v) is 5.04. The van der Waals surface area contributed by atoms with Crippen LogP contribution in [-0.2, 0) is 0 Å². The van der Waals surface area contributed by atoms with Gasteiger partial charge in [-0.1, -0.05) is 42.0 Å². The molecule has 0 aliphatic carbocycles. The molecule has 0 nitrogen and oxygen atoms in total. The molecule has 0 heteroatoms. The van der Waals surface area contributed by atoms with Crippen molar-refractivity contribution in [3.63, 3.8) is 0 Å². The second kappa shape index (κ2) is 10.6. The zero-order chi connectivity index (χ0) is 12.3. The summed E-state index contributed by atoms with van der Waals surface area (Å²) < 4.78 is 0. The van der Waals surface area contributed by atoms with E-state index in [1.807, 2.05) is 13.0 Å². The fourth-order valence-electron chi connectivity index (χ4n) is 0.967. The lowest BCUT2D eigenvalue weighted by molar-refractivity contribution is 1.11. The molecular weight excluding hydrogens is 180 g/mol. The molecule has 0 rings (SSSR count). The fraction of sp³-hybridized carbons (Fsp3) is 0.333. The van der Waals surface area contributed by atoms with E-state index in [4.69, 9.17) is 0 Å². The van der Waals surface area contributed by atoms with E-state index in [1.54, 1.807) is 0 Å². The lowest BCUT2D eigenvalue weighted by atomic mass is 10.0. The Labute approximate surface area is 95.1 Å². The topological polar surface area (TPSA) is 0 Å². The van der Waals surface area contributed by atoms with E-state index >= 15 is 0 Å². The Kier molecular flexibility index (Phi) is 11.3. The maximum absolute atomic E-state index is 4.00. The molecule has 0 fully saturated rings. The maximum Gasteiger partial charge on any atom is -0.00676 e. The molecule has 0 aliphatic rings. The number of hydrogen-bond acceptors (Lipinski definition) is 0. The second-order valence-electron chi connectivity index (χ2n) is 3.31. The summed E-state index contributed by atoms with van der Waals surface area (Å²) in [7, 11) is 0. The van der Waals surface area contributed by atoms with Crippen LogP contribution in [0.2, 0.25) is 0 Å². The van der Waals surface area contributed by atoms with Gasteiger partial charge in [0.25, 0.3) is 0 Å². The third-order valence-electron chi connectivity index (χ3n) is 2.00. The van der Waals surface area contributed by atoms with Crippen molar-refractivity contribution >= 4 is 0 Å². The van der Waals surface area contributed by atoms with Gasteiger partial charge in [-0.3, -0.25) is 0 Å². The van der Waals surface area contributed by atoms with E-state index in [1.165, 1.54) is 11.1 Å². The van der Waals surface area contributed by atoms with Crippen molar-refractivity contribution in [2.75, 3.05) is 0 Å². The van der Waals surface area contributed by atoms with E-state index in [0.29, 0.717) is 0 Å². The highest BCUT2D eigenvalue weighted by molar-refractivity contribution is 5.33. The van der Waals surface area contributed by atoms with E-state index in [9.17, 15) is 0 Å². The van der Waals surface area contributed by atoms with Crippen LogP contribution in [0.3, 0.4) is 0 Å². The van der Waals surface area contributed by atoms with Crippen LogP contribution >= 0.6 is 0 Å². The first-order chi connectivity index (χ1) is 7.11. The molecular formula is C15H22. The molecule has 0 N–H and O–H groups in total. The Morgan fingerprint density at radius 3 is 2.07 bits per heavy atom. The third-order valence-corrected chi connectivity index (χ3v) is 2.00. The minimum atomic E-state index is 1.01. The molecule has 15 heavy (non-hydrogen) atoms. The first-order valence-electron chi connectivity index (χ1n) is 5.04. The third kappa shape index (κ3) is 8.84. The van der Waals surface area contributed by atoms with Crippen molar-refractivity contribution in [1.29, 1.82) is 0 Å². The molecule has 0 amide bonds. The van der Waals surface area contributed by atoms with Gasteiger partial charge in [0.1, 0.15) is 0 Å². The number of terminal acetylenes is 1. The Morgan fingerprint density at radius 2 is 1.73 bits per heavy atom. The number of hydrogen-bond donors (Lipinski definition) is 0. The van der Waals surface area contributed by atoms with Gasteiger partial charge in [0.15, 0.2) is 0 Å². The molecule has 0 saturated carbocycles. The van der Waals surface area contributed by atoms with Gasteiger partial charge in [0.2, 0.25) is 0 Å². The minimum Gasteiger partial charge on any atom is -0.124 e. The van der Waals surface area contributed by atoms with Crippen molar-refractivity contribution in [2.24, 2.45) is 0 Å². The average Bonchev–Trinajstić information content (AvgIpc) is 2.26. The maximum atomic E-state index is 4.00. The normalized spacial score (nSPS) is 12.1. The first kappa shape index (κ1) is 16.0. The van der Waals surface area contributed by atoms with E-state index in [0.717, 1.165) is 12.0 Å². The van der Waals surface area contributed by atoms with E-state index in [2.05, 4.69) is 58.4 Å². The molecule has 0 aromatic rings. The van der Waals surface area contributed by atoms with Crippen LogP contribution in [0, 0.1) is 12.8 Å². The summed E-state index contributed by atoms with van der Waals surface area (Å²) >= 11 is 0. The summed E-state index contributed by atoms with van der Waals surface area (Å²) in [5.74, 6) is 0. The molecule has 0 saturated heterocycles. The Bertz CT molecular complexity index is 282. The summed E-state index contributed by atoms with van der Waals surface area (Å²) in [6.45, 7) is 12.3. The lowest BCUT2D eigenvalue weighted by Crippen LogP contribution is -1.86. The SMILES string of the molecule is C#C.C=C(C)/C(=C/C=C\C)C/C(C)=C\C. The van der Waals surface area contributed by atoms with Crippen LogP contribution in [0.15, 0.2) is 47.6 Å². The number of allylic oxidation sites excluding steroid dienone is 7. The zero-order valence-corrected chi connectivity index (χ0v) is 10.4. The van der Waals surface area contributed by atoms with Crippen LogP contribution < -0.4 is 0 Å². The summed E-state index contributed by atoms with van der Waals surface area (Å²) in [5.41, 5.74) is 3.85. The minimum absolute atomic E-state index is 1.01. The van der Waals surface area contributed by atoms with Crippen molar-refractivity contribution in [2.45, 2.75) is 34.1 Å². The highest BCUT2D eigenvalue weighted by Gasteiger charge is 1.97. The van der Waals surface area contributed by atoms with Gasteiger partial charge >= 0.3 is 0 Å². The highest BCUT2D eigenvalue weighted by Crippen LogP contribution is 2.17.